The van der Waals surface area contributed by atoms with E-state index in [1.165, 1.54) is 32.4 Å². The first-order valence-electron chi connectivity index (χ1n) is 7.84. The lowest BCUT2D eigenvalue weighted by atomic mass is 10.1. The molecule has 1 aliphatic heterocycles. The van der Waals surface area contributed by atoms with Gasteiger partial charge in [0, 0.05) is 19.6 Å². The van der Waals surface area contributed by atoms with E-state index in [2.05, 4.69) is 22.1 Å². The number of ether oxygens (including phenoxy) is 1. The van der Waals surface area contributed by atoms with Crippen molar-refractivity contribution in [1.29, 1.82) is 0 Å². The number of likely N-dealkylation sites (tertiary alicyclic amines) is 1. The SMILES string of the molecule is CC#CCCCNCCCOCCN1CCCCC1. The van der Waals surface area contributed by atoms with Gasteiger partial charge in [-0.25, -0.2) is 0 Å². The van der Waals surface area contributed by atoms with Crippen molar-refractivity contribution < 1.29 is 4.74 Å². The molecule has 0 atom stereocenters. The number of hydrogen-bond acceptors (Lipinski definition) is 3. The Morgan fingerprint density at radius 1 is 1.05 bits per heavy atom. The molecule has 0 unspecified atom stereocenters. The van der Waals surface area contributed by atoms with Crippen LogP contribution < -0.4 is 5.32 Å². The molecular formula is C16H30N2O. The summed E-state index contributed by atoms with van der Waals surface area (Å²) in [6, 6.07) is 0. The van der Waals surface area contributed by atoms with Crippen LogP contribution in [0.3, 0.4) is 0 Å². The topological polar surface area (TPSA) is 24.5 Å². The molecule has 0 radical (unpaired) electrons. The monoisotopic (exact) mass is 266 g/mol. The zero-order chi connectivity index (χ0) is 13.6. The Morgan fingerprint density at radius 2 is 1.84 bits per heavy atom. The summed E-state index contributed by atoms with van der Waals surface area (Å²) in [6.45, 7) is 9.46. The van der Waals surface area contributed by atoms with E-state index in [9.17, 15) is 0 Å². The van der Waals surface area contributed by atoms with Gasteiger partial charge < -0.3 is 15.0 Å². The molecule has 0 amide bonds. The van der Waals surface area contributed by atoms with Gasteiger partial charge in [0.15, 0.2) is 0 Å². The van der Waals surface area contributed by atoms with E-state index in [1.807, 2.05) is 6.92 Å². The molecule has 0 aliphatic carbocycles. The number of nitrogens with one attached hydrogen (secondary N) is 1. The second-order valence-electron chi connectivity index (χ2n) is 5.15. The summed E-state index contributed by atoms with van der Waals surface area (Å²) in [5.41, 5.74) is 0. The summed E-state index contributed by atoms with van der Waals surface area (Å²) in [4.78, 5) is 2.52. The molecule has 1 aliphatic rings. The van der Waals surface area contributed by atoms with Crippen LogP contribution in [0.15, 0.2) is 0 Å². The Hall–Kier alpha value is -0.560. The van der Waals surface area contributed by atoms with Crippen LogP contribution in [0.5, 0.6) is 0 Å². The van der Waals surface area contributed by atoms with Gasteiger partial charge in [0.2, 0.25) is 0 Å². The smallest absolute Gasteiger partial charge is 0.0593 e. The molecule has 1 heterocycles. The van der Waals surface area contributed by atoms with Crippen LogP contribution in [0.2, 0.25) is 0 Å². The predicted octanol–water partition coefficient (Wildman–Crippen LogP) is 2.27. The van der Waals surface area contributed by atoms with Crippen LogP contribution >= 0.6 is 0 Å². The van der Waals surface area contributed by atoms with Gasteiger partial charge in [0.25, 0.3) is 0 Å². The molecule has 0 saturated carbocycles. The molecule has 0 aromatic heterocycles. The zero-order valence-electron chi connectivity index (χ0n) is 12.5. The normalized spacial score (nSPS) is 16.1. The number of rotatable bonds is 10. The third-order valence-electron chi connectivity index (χ3n) is 3.47. The summed E-state index contributed by atoms with van der Waals surface area (Å²) in [6.07, 6.45) is 7.41. The highest BCUT2D eigenvalue weighted by Crippen LogP contribution is 2.07. The van der Waals surface area contributed by atoms with E-state index in [4.69, 9.17) is 4.74 Å². The number of hydrogen-bond donors (Lipinski definition) is 1. The predicted molar refractivity (Wildman–Crippen MR) is 81.3 cm³/mol. The van der Waals surface area contributed by atoms with Crippen molar-refractivity contribution >= 4 is 0 Å². The van der Waals surface area contributed by atoms with Crippen molar-refractivity contribution in [2.45, 2.75) is 45.4 Å². The zero-order valence-corrected chi connectivity index (χ0v) is 12.5. The molecule has 110 valence electrons. The van der Waals surface area contributed by atoms with Crippen LogP contribution in [0, 0.1) is 11.8 Å². The van der Waals surface area contributed by atoms with Crippen LogP contribution in [-0.2, 0) is 4.74 Å². The van der Waals surface area contributed by atoms with Crippen molar-refractivity contribution in [2.75, 3.05) is 45.9 Å². The molecule has 0 spiro atoms. The standard InChI is InChI=1S/C16H30N2O/c1-2-3-4-6-10-17-11-9-15-19-16-14-18-12-7-5-8-13-18/h17H,4-16H2,1H3. The third kappa shape index (κ3) is 9.95. The van der Waals surface area contributed by atoms with Gasteiger partial charge in [-0.15, -0.1) is 11.8 Å². The largest absolute Gasteiger partial charge is 0.380 e. The van der Waals surface area contributed by atoms with Gasteiger partial charge >= 0.3 is 0 Å². The highest BCUT2D eigenvalue weighted by molar-refractivity contribution is 4.94. The van der Waals surface area contributed by atoms with E-state index >= 15 is 0 Å². The third-order valence-corrected chi connectivity index (χ3v) is 3.47. The average Bonchev–Trinajstić information content (AvgIpc) is 2.46. The maximum Gasteiger partial charge on any atom is 0.0593 e. The highest BCUT2D eigenvalue weighted by atomic mass is 16.5. The highest BCUT2D eigenvalue weighted by Gasteiger charge is 2.08. The molecule has 19 heavy (non-hydrogen) atoms. The van der Waals surface area contributed by atoms with Crippen LogP contribution in [0.25, 0.3) is 0 Å². The van der Waals surface area contributed by atoms with Gasteiger partial charge in [-0.1, -0.05) is 6.42 Å². The summed E-state index contributed by atoms with van der Waals surface area (Å²) in [5, 5.41) is 3.43. The Labute approximate surface area is 119 Å². The molecule has 1 fully saturated rings. The maximum absolute atomic E-state index is 5.68. The summed E-state index contributed by atoms with van der Waals surface area (Å²) >= 11 is 0. The number of piperidine rings is 1. The van der Waals surface area contributed by atoms with Crippen molar-refractivity contribution in [1.82, 2.24) is 10.2 Å². The fraction of sp³-hybridized carbons (Fsp3) is 0.875. The van der Waals surface area contributed by atoms with Gasteiger partial charge in [-0.05, 0) is 58.8 Å². The first-order chi connectivity index (χ1) is 9.43. The second kappa shape index (κ2) is 12.5. The van der Waals surface area contributed by atoms with E-state index in [0.29, 0.717) is 0 Å². The lowest BCUT2D eigenvalue weighted by Crippen LogP contribution is -2.32. The second-order valence-corrected chi connectivity index (χ2v) is 5.15. The van der Waals surface area contributed by atoms with Crippen LogP contribution in [0.1, 0.15) is 45.4 Å². The van der Waals surface area contributed by atoms with E-state index in [-0.39, 0.29) is 0 Å². The molecule has 0 aromatic rings. The van der Waals surface area contributed by atoms with Crippen molar-refractivity contribution in [3.05, 3.63) is 0 Å². The maximum atomic E-state index is 5.68. The van der Waals surface area contributed by atoms with Gasteiger partial charge in [0.1, 0.15) is 0 Å². The van der Waals surface area contributed by atoms with Crippen LogP contribution in [-0.4, -0.2) is 50.8 Å². The first kappa shape index (κ1) is 16.5. The lowest BCUT2D eigenvalue weighted by molar-refractivity contribution is 0.0950. The van der Waals surface area contributed by atoms with Crippen molar-refractivity contribution in [3.8, 4) is 11.8 Å². The molecule has 0 bridgehead atoms. The van der Waals surface area contributed by atoms with Crippen molar-refractivity contribution in [2.24, 2.45) is 0 Å². The fourth-order valence-electron chi connectivity index (χ4n) is 2.33. The molecule has 3 nitrogen and oxygen atoms in total. The molecule has 0 aromatic carbocycles. The Balaban J connectivity index is 1.74. The molecule has 1 rings (SSSR count). The molecule has 1 N–H and O–H groups in total. The van der Waals surface area contributed by atoms with Crippen molar-refractivity contribution in [3.63, 3.8) is 0 Å². The first-order valence-corrected chi connectivity index (χ1v) is 7.84. The number of nitrogens with zero attached hydrogens (tertiary/aromatic N) is 1. The van der Waals surface area contributed by atoms with E-state index in [0.717, 1.165) is 52.1 Å². The van der Waals surface area contributed by atoms with Gasteiger partial charge in [-0.2, -0.15) is 0 Å². The fourth-order valence-corrected chi connectivity index (χ4v) is 2.33. The van der Waals surface area contributed by atoms with Gasteiger partial charge in [-0.3, -0.25) is 0 Å². The summed E-state index contributed by atoms with van der Waals surface area (Å²) in [7, 11) is 0. The number of unbranched alkanes of at least 4 members (excludes halogenated alkanes) is 1. The minimum absolute atomic E-state index is 0.885. The van der Waals surface area contributed by atoms with Crippen LogP contribution in [0.4, 0.5) is 0 Å². The van der Waals surface area contributed by atoms with Gasteiger partial charge in [0.05, 0.1) is 6.61 Å². The lowest BCUT2D eigenvalue weighted by Gasteiger charge is -2.26. The van der Waals surface area contributed by atoms with E-state index < -0.39 is 0 Å². The molecule has 1 saturated heterocycles. The quantitative estimate of drug-likeness (QED) is 0.485. The average molecular weight is 266 g/mol. The minimum atomic E-state index is 0.885. The Kier molecular flexibility index (Phi) is 10.8. The molecule has 3 heteroatoms. The Morgan fingerprint density at radius 3 is 2.63 bits per heavy atom. The molecular weight excluding hydrogens is 236 g/mol. The summed E-state index contributed by atoms with van der Waals surface area (Å²) < 4.78 is 5.68. The van der Waals surface area contributed by atoms with E-state index in [1.54, 1.807) is 0 Å². The summed E-state index contributed by atoms with van der Waals surface area (Å²) in [5.74, 6) is 6.00. The minimum Gasteiger partial charge on any atom is -0.380 e. The Bertz CT molecular complexity index is 251.